The minimum absolute atomic E-state index is 0.0290. The fourth-order valence-electron chi connectivity index (χ4n) is 4.58. The van der Waals surface area contributed by atoms with E-state index in [0.29, 0.717) is 55.3 Å². The Morgan fingerprint density at radius 3 is 2.08 bits per heavy atom. The molecule has 1 N–H and O–H groups in total. The third kappa shape index (κ3) is 7.79. The Morgan fingerprint density at radius 2 is 1.45 bits per heavy atom. The van der Waals surface area contributed by atoms with Crippen LogP contribution in [0.15, 0.2) is 30.3 Å². The first kappa shape index (κ1) is 29.1. The number of carbonyl (C=O) groups excluding carboxylic acids is 2. The number of likely N-dealkylation sites (tertiary alicyclic amines) is 1. The molecule has 0 bridgehead atoms. The Labute approximate surface area is 225 Å². The molecule has 1 fully saturated rings. The molecule has 1 aliphatic rings. The third-order valence-corrected chi connectivity index (χ3v) is 6.41. The fourth-order valence-corrected chi connectivity index (χ4v) is 4.58. The standard InChI is InChI=1S/C30H41NO7/c1-4-11-22-25(13-9-14-26(22)38-21-28(32)35-6-3)36-19-10-20-37-27-16-15-24(29(33)23(27)12-5-2)30(34)31-17-7-8-18-31/h9,13-16,33H,4-8,10-12,17-21H2,1-3H3. The molecule has 1 heterocycles. The van der Waals surface area contributed by atoms with E-state index in [-0.39, 0.29) is 18.3 Å². The highest BCUT2D eigenvalue weighted by Crippen LogP contribution is 2.34. The number of aromatic hydroxyl groups is 1. The molecule has 0 saturated carbocycles. The van der Waals surface area contributed by atoms with Crippen LogP contribution in [0.4, 0.5) is 0 Å². The van der Waals surface area contributed by atoms with Crippen LogP contribution in [0, 0.1) is 0 Å². The van der Waals surface area contributed by atoms with Gasteiger partial charge in [0.25, 0.3) is 5.91 Å². The summed E-state index contributed by atoms with van der Waals surface area (Å²) in [7, 11) is 0. The van der Waals surface area contributed by atoms with Crippen molar-refractivity contribution in [2.24, 2.45) is 0 Å². The van der Waals surface area contributed by atoms with Crippen molar-refractivity contribution in [2.75, 3.05) is 39.5 Å². The molecule has 208 valence electrons. The normalized spacial score (nSPS) is 12.9. The lowest BCUT2D eigenvalue weighted by atomic mass is 10.0. The minimum Gasteiger partial charge on any atom is -0.507 e. The van der Waals surface area contributed by atoms with Gasteiger partial charge in [-0.05, 0) is 56.9 Å². The second-order valence-corrected chi connectivity index (χ2v) is 9.31. The van der Waals surface area contributed by atoms with Crippen LogP contribution < -0.4 is 14.2 Å². The number of hydrogen-bond donors (Lipinski definition) is 1. The molecule has 8 heteroatoms. The van der Waals surface area contributed by atoms with Gasteiger partial charge in [-0.3, -0.25) is 4.79 Å². The van der Waals surface area contributed by atoms with Crippen LogP contribution in [0.1, 0.15) is 74.4 Å². The van der Waals surface area contributed by atoms with Gasteiger partial charge in [-0.1, -0.05) is 32.8 Å². The van der Waals surface area contributed by atoms with E-state index in [2.05, 4.69) is 6.92 Å². The number of ether oxygens (including phenoxy) is 4. The van der Waals surface area contributed by atoms with Gasteiger partial charge in [0.05, 0.1) is 25.4 Å². The lowest BCUT2D eigenvalue weighted by Crippen LogP contribution is -2.27. The topological polar surface area (TPSA) is 94.5 Å². The fraction of sp³-hybridized carbons (Fsp3) is 0.533. The summed E-state index contributed by atoms with van der Waals surface area (Å²) < 4.78 is 22.7. The number of phenols is 1. The number of amides is 1. The average Bonchev–Trinajstić information content (AvgIpc) is 3.45. The zero-order chi connectivity index (χ0) is 27.3. The molecule has 0 atom stereocenters. The molecule has 1 aliphatic heterocycles. The molecule has 1 amide bonds. The van der Waals surface area contributed by atoms with E-state index in [1.54, 1.807) is 24.0 Å². The highest BCUT2D eigenvalue weighted by Gasteiger charge is 2.24. The molecule has 38 heavy (non-hydrogen) atoms. The van der Waals surface area contributed by atoms with Crippen LogP contribution in [-0.2, 0) is 22.4 Å². The lowest BCUT2D eigenvalue weighted by Gasteiger charge is -2.19. The lowest BCUT2D eigenvalue weighted by molar-refractivity contribution is -0.145. The van der Waals surface area contributed by atoms with E-state index in [9.17, 15) is 14.7 Å². The van der Waals surface area contributed by atoms with Gasteiger partial charge in [-0.25, -0.2) is 4.79 Å². The Balaban J connectivity index is 1.58. The van der Waals surface area contributed by atoms with Gasteiger partial charge in [0.1, 0.15) is 23.0 Å². The van der Waals surface area contributed by atoms with Crippen LogP contribution in [0.5, 0.6) is 23.0 Å². The van der Waals surface area contributed by atoms with Crippen molar-refractivity contribution in [3.63, 3.8) is 0 Å². The number of benzene rings is 2. The van der Waals surface area contributed by atoms with Crippen molar-refractivity contribution < 1.29 is 33.6 Å². The predicted octanol–water partition coefficient (Wildman–Crippen LogP) is 5.32. The smallest absolute Gasteiger partial charge is 0.344 e. The van der Waals surface area contributed by atoms with E-state index in [0.717, 1.165) is 56.5 Å². The van der Waals surface area contributed by atoms with E-state index in [1.807, 2.05) is 25.1 Å². The van der Waals surface area contributed by atoms with Gasteiger partial charge in [0.2, 0.25) is 0 Å². The van der Waals surface area contributed by atoms with E-state index < -0.39 is 5.97 Å². The Bertz CT molecular complexity index is 1060. The Morgan fingerprint density at radius 1 is 0.842 bits per heavy atom. The first-order valence-corrected chi connectivity index (χ1v) is 13.8. The van der Waals surface area contributed by atoms with Crippen molar-refractivity contribution in [1.29, 1.82) is 0 Å². The molecule has 8 nitrogen and oxygen atoms in total. The number of rotatable bonds is 15. The maximum absolute atomic E-state index is 12.8. The van der Waals surface area contributed by atoms with Crippen LogP contribution >= 0.6 is 0 Å². The summed E-state index contributed by atoms with van der Waals surface area (Å²) in [5.74, 6) is 1.46. The summed E-state index contributed by atoms with van der Waals surface area (Å²) in [6.45, 7) is 8.35. The third-order valence-electron chi connectivity index (χ3n) is 6.41. The van der Waals surface area contributed by atoms with Crippen molar-refractivity contribution >= 4 is 11.9 Å². The summed E-state index contributed by atoms with van der Waals surface area (Å²) in [6.07, 6.45) is 5.73. The van der Waals surface area contributed by atoms with E-state index in [4.69, 9.17) is 18.9 Å². The predicted molar refractivity (Wildman–Crippen MR) is 145 cm³/mol. The molecular weight excluding hydrogens is 486 g/mol. The Hall–Kier alpha value is -3.42. The maximum Gasteiger partial charge on any atom is 0.344 e. The maximum atomic E-state index is 12.8. The quantitative estimate of drug-likeness (QED) is 0.247. The molecule has 0 aliphatic carbocycles. The zero-order valence-electron chi connectivity index (χ0n) is 22.9. The number of carbonyl (C=O) groups is 2. The SMILES string of the molecule is CCCc1c(OCCCOc2ccc(C(=O)N3CCCC3)c(O)c2CCC)cccc1OCC(=O)OCC. The molecule has 0 radical (unpaired) electrons. The summed E-state index contributed by atoms with van der Waals surface area (Å²) >= 11 is 0. The monoisotopic (exact) mass is 527 g/mol. The van der Waals surface area contributed by atoms with Crippen molar-refractivity contribution in [3.8, 4) is 23.0 Å². The van der Waals surface area contributed by atoms with Crippen molar-refractivity contribution in [2.45, 2.75) is 65.7 Å². The second-order valence-electron chi connectivity index (χ2n) is 9.31. The van der Waals surface area contributed by atoms with Gasteiger partial charge < -0.3 is 29.0 Å². The summed E-state index contributed by atoms with van der Waals surface area (Å²) in [5, 5.41) is 10.9. The van der Waals surface area contributed by atoms with Gasteiger partial charge in [-0.2, -0.15) is 0 Å². The zero-order valence-corrected chi connectivity index (χ0v) is 22.9. The minimum atomic E-state index is -0.402. The molecular formula is C30H41NO7. The highest BCUT2D eigenvalue weighted by atomic mass is 16.6. The average molecular weight is 528 g/mol. The molecule has 3 rings (SSSR count). The van der Waals surface area contributed by atoms with Crippen LogP contribution in [0.3, 0.4) is 0 Å². The molecule has 0 aromatic heterocycles. The molecule has 2 aromatic carbocycles. The van der Waals surface area contributed by atoms with Gasteiger partial charge in [-0.15, -0.1) is 0 Å². The first-order chi connectivity index (χ1) is 18.5. The number of phenolic OH excluding ortho intramolecular Hbond substituents is 1. The molecule has 0 unspecified atom stereocenters. The highest BCUT2D eigenvalue weighted by molar-refractivity contribution is 5.97. The Kier molecular flexibility index (Phi) is 11.6. The first-order valence-electron chi connectivity index (χ1n) is 13.8. The summed E-state index contributed by atoms with van der Waals surface area (Å²) in [6, 6.07) is 9.03. The number of hydrogen-bond acceptors (Lipinski definition) is 7. The summed E-state index contributed by atoms with van der Waals surface area (Å²) in [5.41, 5.74) is 1.95. The van der Waals surface area contributed by atoms with Crippen molar-refractivity contribution in [3.05, 3.63) is 47.0 Å². The van der Waals surface area contributed by atoms with E-state index in [1.165, 1.54) is 0 Å². The molecule has 0 spiro atoms. The van der Waals surface area contributed by atoms with Gasteiger partial charge in [0.15, 0.2) is 6.61 Å². The second kappa shape index (κ2) is 15.1. The van der Waals surface area contributed by atoms with Crippen LogP contribution in [0.2, 0.25) is 0 Å². The number of nitrogens with zero attached hydrogens (tertiary/aromatic N) is 1. The number of esters is 1. The van der Waals surface area contributed by atoms with Gasteiger partial charge in [0, 0.05) is 30.6 Å². The van der Waals surface area contributed by atoms with Crippen LogP contribution in [-0.4, -0.2) is 61.4 Å². The summed E-state index contributed by atoms with van der Waals surface area (Å²) in [4.78, 5) is 26.3. The largest absolute Gasteiger partial charge is 0.507 e. The van der Waals surface area contributed by atoms with Crippen molar-refractivity contribution in [1.82, 2.24) is 4.90 Å². The molecule has 2 aromatic rings. The van der Waals surface area contributed by atoms with Crippen LogP contribution in [0.25, 0.3) is 0 Å². The molecule has 1 saturated heterocycles. The van der Waals surface area contributed by atoms with E-state index >= 15 is 0 Å². The van der Waals surface area contributed by atoms with Gasteiger partial charge >= 0.3 is 5.97 Å².